The quantitative estimate of drug-likeness (QED) is 0.204. The first-order valence-electron chi connectivity index (χ1n) is 17.0. The van der Waals surface area contributed by atoms with Crippen LogP contribution in [-0.2, 0) is 11.8 Å². The molecule has 0 spiro atoms. The smallest absolute Gasteiger partial charge is 0.182 e. The summed E-state index contributed by atoms with van der Waals surface area (Å²) in [7, 11) is 0. The van der Waals surface area contributed by atoms with E-state index in [4.69, 9.17) is 24.0 Å². The Morgan fingerprint density at radius 2 is 1.11 bits per heavy atom. The summed E-state index contributed by atoms with van der Waals surface area (Å²) in [6.45, 7) is -0.484. The van der Waals surface area contributed by atoms with Gasteiger partial charge in [-0.25, -0.2) is 15.0 Å². The van der Waals surface area contributed by atoms with Gasteiger partial charge in [0.2, 0.25) is 0 Å². The SMILES string of the molecule is [2H]C([2H])([2H])C1(C)c2ccccc2-c2cnc(-c3nc(-c4ccccc4)nc(-c4cccc5c4Cc4c(-c6ccccc6)cccc4-5)n3)cc21. The second-order valence-corrected chi connectivity index (χ2v) is 12.2. The van der Waals surface area contributed by atoms with Crippen LogP contribution in [0.5, 0.6) is 0 Å². The Hall–Kier alpha value is -5.74. The number of benzene rings is 5. The molecule has 4 heteroatoms. The lowest BCUT2D eigenvalue weighted by atomic mass is 9.82. The molecule has 2 aliphatic rings. The van der Waals surface area contributed by atoms with Crippen LogP contribution < -0.4 is 0 Å². The maximum atomic E-state index is 8.62. The molecule has 46 heavy (non-hydrogen) atoms. The van der Waals surface area contributed by atoms with E-state index >= 15 is 0 Å². The molecular weight excluding hydrogens is 560 g/mol. The molecule has 0 saturated heterocycles. The highest BCUT2D eigenvalue weighted by atomic mass is 15.0. The summed E-state index contributed by atoms with van der Waals surface area (Å²) in [6.07, 6.45) is 2.52. The van der Waals surface area contributed by atoms with Crippen molar-refractivity contribution in [1.29, 1.82) is 0 Å². The average molecular weight is 594 g/mol. The van der Waals surface area contributed by atoms with Crippen molar-refractivity contribution >= 4 is 0 Å². The predicted molar refractivity (Wildman–Crippen MR) is 185 cm³/mol. The Balaban J connectivity index is 1.22. The lowest BCUT2D eigenvalue weighted by Crippen LogP contribution is -2.15. The van der Waals surface area contributed by atoms with Crippen molar-refractivity contribution in [3.63, 3.8) is 0 Å². The monoisotopic (exact) mass is 593 g/mol. The third-order valence-corrected chi connectivity index (χ3v) is 9.42. The number of hydrogen-bond donors (Lipinski definition) is 0. The average Bonchev–Trinajstić information content (AvgIpc) is 3.65. The minimum absolute atomic E-state index is 0.397. The largest absolute Gasteiger partial charge is 0.252 e. The normalized spacial score (nSPS) is 16.8. The van der Waals surface area contributed by atoms with Crippen LogP contribution in [0.1, 0.15) is 40.1 Å². The summed E-state index contributed by atoms with van der Waals surface area (Å²) in [6, 6.07) is 42.8. The first-order chi connectivity index (χ1) is 23.8. The van der Waals surface area contributed by atoms with Gasteiger partial charge in [-0.2, -0.15) is 0 Å². The first kappa shape index (κ1) is 23.6. The molecule has 2 aliphatic carbocycles. The van der Waals surface area contributed by atoms with Crippen molar-refractivity contribution < 1.29 is 4.11 Å². The Morgan fingerprint density at radius 3 is 1.87 bits per heavy atom. The number of fused-ring (bicyclic) bond motifs is 6. The summed E-state index contributed by atoms with van der Waals surface area (Å²) >= 11 is 0. The number of aromatic nitrogens is 4. The summed E-state index contributed by atoms with van der Waals surface area (Å²) in [4.78, 5) is 19.9. The molecule has 2 heterocycles. The highest BCUT2D eigenvalue weighted by Gasteiger charge is 2.36. The van der Waals surface area contributed by atoms with Gasteiger partial charge in [-0.1, -0.05) is 135 Å². The Bertz CT molecular complexity index is 2420. The lowest BCUT2D eigenvalue weighted by Gasteiger charge is -2.21. The fraction of sp³-hybridized carbons (Fsp3) is 0.0952. The summed E-state index contributed by atoms with van der Waals surface area (Å²) in [5, 5.41) is 0. The van der Waals surface area contributed by atoms with Gasteiger partial charge in [-0.3, -0.25) is 4.98 Å². The summed E-state index contributed by atoms with van der Waals surface area (Å²) < 4.78 is 25.9. The van der Waals surface area contributed by atoms with Crippen molar-refractivity contribution in [2.75, 3.05) is 0 Å². The fourth-order valence-electron chi connectivity index (χ4n) is 7.17. The Morgan fingerprint density at radius 1 is 0.522 bits per heavy atom. The third kappa shape index (κ3) is 4.07. The lowest BCUT2D eigenvalue weighted by molar-refractivity contribution is 0.660. The molecule has 5 aromatic carbocycles. The van der Waals surface area contributed by atoms with Crippen LogP contribution in [0.2, 0.25) is 0 Å². The van der Waals surface area contributed by atoms with E-state index in [2.05, 4.69) is 60.7 Å². The molecule has 0 saturated carbocycles. The highest BCUT2D eigenvalue weighted by Crippen LogP contribution is 2.49. The highest BCUT2D eigenvalue weighted by molar-refractivity contribution is 5.89. The van der Waals surface area contributed by atoms with Crippen LogP contribution in [0.4, 0.5) is 0 Å². The maximum absolute atomic E-state index is 8.62. The molecule has 218 valence electrons. The Labute approximate surface area is 272 Å². The van der Waals surface area contributed by atoms with Gasteiger partial charge in [0.05, 0.1) is 0 Å². The van der Waals surface area contributed by atoms with Crippen molar-refractivity contribution in [1.82, 2.24) is 19.9 Å². The topological polar surface area (TPSA) is 51.6 Å². The van der Waals surface area contributed by atoms with Crippen molar-refractivity contribution in [3.05, 3.63) is 156 Å². The van der Waals surface area contributed by atoms with Crippen molar-refractivity contribution in [2.24, 2.45) is 0 Å². The van der Waals surface area contributed by atoms with E-state index in [9.17, 15) is 0 Å². The number of hydrogen-bond acceptors (Lipinski definition) is 4. The predicted octanol–water partition coefficient (Wildman–Crippen LogP) is 9.81. The molecule has 1 unspecified atom stereocenters. The molecule has 1 atom stereocenters. The molecule has 0 fully saturated rings. The molecule has 4 nitrogen and oxygen atoms in total. The molecule has 9 rings (SSSR count). The van der Waals surface area contributed by atoms with Gasteiger partial charge in [0.25, 0.3) is 0 Å². The zero-order valence-electron chi connectivity index (χ0n) is 28.2. The van der Waals surface area contributed by atoms with Gasteiger partial charge >= 0.3 is 0 Å². The van der Waals surface area contributed by atoms with Gasteiger partial charge < -0.3 is 0 Å². The molecule has 0 radical (unpaired) electrons. The zero-order chi connectivity index (χ0) is 33.3. The summed E-state index contributed by atoms with van der Waals surface area (Å²) in [5.41, 5.74) is 11.6. The minimum atomic E-state index is -2.29. The molecular formula is C42H30N4. The standard InChI is InChI=1S/C42H30N4/c1-42(2)36-22-10-9-17-31(36)35-25-43-38(24-37(35)42)41-45-39(27-15-7-4-8-16-27)44-40(46-41)32-21-12-20-30-29-19-11-18-28(33(29)23-34(30)32)26-13-5-3-6-14-26/h3-22,24-25H,23H2,1-2H3/i1D3. The van der Waals surface area contributed by atoms with E-state index < -0.39 is 12.3 Å². The van der Waals surface area contributed by atoms with E-state index in [-0.39, 0.29) is 0 Å². The molecule has 0 aliphatic heterocycles. The van der Waals surface area contributed by atoms with E-state index in [1.165, 1.54) is 33.4 Å². The first-order valence-corrected chi connectivity index (χ1v) is 15.5. The van der Waals surface area contributed by atoms with Gasteiger partial charge in [-0.05, 0) is 56.1 Å². The molecule has 0 amide bonds. The molecule has 0 bridgehead atoms. The van der Waals surface area contributed by atoms with Crippen LogP contribution in [0.25, 0.3) is 67.7 Å². The van der Waals surface area contributed by atoms with E-state index in [0.717, 1.165) is 34.2 Å². The zero-order valence-corrected chi connectivity index (χ0v) is 25.2. The second-order valence-electron chi connectivity index (χ2n) is 12.2. The van der Waals surface area contributed by atoms with E-state index in [0.29, 0.717) is 28.7 Å². The van der Waals surface area contributed by atoms with Gasteiger partial charge in [0, 0.05) is 38.8 Å². The number of nitrogens with zero attached hydrogens (tertiary/aromatic N) is 4. The summed E-state index contributed by atoms with van der Waals surface area (Å²) in [5.74, 6) is 1.48. The van der Waals surface area contributed by atoms with E-state index in [1.807, 2.05) is 66.7 Å². The Kier molecular flexibility index (Phi) is 5.21. The molecule has 7 aromatic rings. The number of pyridine rings is 1. The minimum Gasteiger partial charge on any atom is -0.252 e. The van der Waals surface area contributed by atoms with Crippen LogP contribution in [0.3, 0.4) is 0 Å². The fourth-order valence-corrected chi connectivity index (χ4v) is 7.17. The third-order valence-electron chi connectivity index (χ3n) is 9.42. The second kappa shape index (κ2) is 10.1. The molecule has 2 aromatic heterocycles. The van der Waals surface area contributed by atoms with Gasteiger partial charge in [0.1, 0.15) is 5.69 Å². The number of rotatable bonds is 4. The van der Waals surface area contributed by atoms with Crippen LogP contribution >= 0.6 is 0 Å². The van der Waals surface area contributed by atoms with Crippen LogP contribution in [0, 0.1) is 0 Å². The van der Waals surface area contributed by atoms with Gasteiger partial charge in [-0.15, -0.1) is 0 Å². The van der Waals surface area contributed by atoms with E-state index in [1.54, 1.807) is 13.1 Å². The van der Waals surface area contributed by atoms with Gasteiger partial charge in [0.15, 0.2) is 17.5 Å². The molecule has 0 N–H and O–H groups in total. The van der Waals surface area contributed by atoms with Crippen molar-refractivity contribution in [3.8, 4) is 67.7 Å². The maximum Gasteiger partial charge on any atom is 0.182 e. The van der Waals surface area contributed by atoms with Crippen LogP contribution in [-0.4, -0.2) is 19.9 Å². The van der Waals surface area contributed by atoms with Crippen molar-refractivity contribution in [2.45, 2.75) is 25.6 Å². The van der Waals surface area contributed by atoms with Crippen LogP contribution in [0.15, 0.2) is 134 Å².